The minimum Gasteiger partial charge on any atom is -0.493 e. The van der Waals surface area contributed by atoms with Gasteiger partial charge in [-0.1, -0.05) is 18.2 Å². The van der Waals surface area contributed by atoms with Crippen molar-refractivity contribution in [3.63, 3.8) is 0 Å². The zero-order valence-electron chi connectivity index (χ0n) is 24.0. The maximum Gasteiger partial charge on any atom is 0.269 e. The van der Waals surface area contributed by atoms with E-state index in [9.17, 15) is 8.42 Å². The van der Waals surface area contributed by atoms with Crippen molar-refractivity contribution in [2.24, 2.45) is 0 Å². The molecular formula is C30H31F2N5O4S2. The summed E-state index contributed by atoms with van der Waals surface area (Å²) in [5.74, 6) is -2.20. The van der Waals surface area contributed by atoms with Gasteiger partial charge in [0.05, 0.1) is 37.0 Å². The average molecular weight is 628 g/mol. The van der Waals surface area contributed by atoms with Crippen molar-refractivity contribution in [2.75, 3.05) is 43.7 Å². The molecule has 1 saturated heterocycles. The van der Waals surface area contributed by atoms with E-state index in [0.717, 1.165) is 32.0 Å². The molecule has 2 aromatic heterocycles. The minimum absolute atomic E-state index is 0.00412. The van der Waals surface area contributed by atoms with Gasteiger partial charge in [0.1, 0.15) is 5.69 Å². The molecule has 4 heterocycles. The zero-order valence-corrected chi connectivity index (χ0v) is 25.6. The first-order chi connectivity index (χ1) is 20.7. The summed E-state index contributed by atoms with van der Waals surface area (Å²) in [5, 5.41) is 0.745. The number of hydrogen-bond donors (Lipinski definition) is 0. The second-order valence-corrected chi connectivity index (χ2v) is 12.6. The second-order valence-electron chi connectivity index (χ2n) is 10.4. The number of methoxy groups -OCH3 is 2. The van der Waals surface area contributed by atoms with Gasteiger partial charge in [0.2, 0.25) is 0 Å². The Morgan fingerprint density at radius 1 is 0.977 bits per heavy atom. The molecule has 4 aromatic rings. The molecule has 226 valence electrons. The van der Waals surface area contributed by atoms with E-state index in [1.165, 1.54) is 23.1 Å². The number of anilines is 2. The Labute approximate surface area is 254 Å². The summed E-state index contributed by atoms with van der Waals surface area (Å²) in [6, 6.07) is 11.3. The van der Waals surface area contributed by atoms with Crippen molar-refractivity contribution in [3.8, 4) is 11.5 Å². The van der Waals surface area contributed by atoms with Crippen LogP contribution in [0.3, 0.4) is 0 Å². The van der Waals surface area contributed by atoms with Crippen molar-refractivity contribution in [1.82, 2.24) is 13.9 Å². The fraction of sp³-hybridized carbons (Fsp3) is 0.333. The van der Waals surface area contributed by atoms with Crippen molar-refractivity contribution in [2.45, 2.75) is 37.8 Å². The number of halogens is 2. The van der Waals surface area contributed by atoms with E-state index >= 15 is 8.78 Å². The zero-order chi connectivity index (χ0) is 30.5. The topological polar surface area (TPSA) is 80.1 Å². The van der Waals surface area contributed by atoms with Gasteiger partial charge in [0.15, 0.2) is 33.9 Å². The van der Waals surface area contributed by atoms with Crippen molar-refractivity contribution >= 4 is 49.8 Å². The van der Waals surface area contributed by atoms with Gasteiger partial charge < -0.3 is 19.3 Å². The summed E-state index contributed by atoms with van der Waals surface area (Å²) < 4.78 is 70.9. The van der Waals surface area contributed by atoms with Gasteiger partial charge in [-0.3, -0.25) is 4.90 Å². The molecule has 9 nitrogen and oxygen atoms in total. The van der Waals surface area contributed by atoms with Crippen LogP contribution in [0.2, 0.25) is 0 Å². The predicted octanol–water partition coefficient (Wildman–Crippen LogP) is 5.30. The van der Waals surface area contributed by atoms with Crippen LogP contribution in [0, 0.1) is 11.6 Å². The van der Waals surface area contributed by atoms with Crippen LogP contribution in [-0.2, 0) is 23.1 Å². The number of pyridine rings is 1. The molecule has 2 aliphatic heterocycles. The van der Waals surface area contributed by atoms with E-state index < -0.39 is 27.3 Å². The van der Waals surface area contributed by atoms with E-state index in [2.05, 4.69) is 9.88 Å². The maximum atomic E-state index is 15.6. The number of hydrogen-bond acceptors (Lipinski definition) is 7. The van der Waals surface area contributed by atoms with Gasteiger partial charge in [-0.15, -0.1) is 0 Å². The van der Waals surface area contributed by atoms with Crippen molar-refractivity contribution < 1.29 is 26.7 Å². The number of aromatic nitrogens is 2. The Balaban J connectivity index is 1.55. The SMILES string of the molecule is CCN1C(=S)N(c2c(F)c(OC)cc(OC)c2F)Cc2cnc3c(cc(CN4CCCC4)n3S(=O)(=O)c3ccccc3)c21. The van der Waals surface area contributed by atoms with Gasteiger partial charge in [0, 0.05) is 36.3 Å². The van der Waals surface area contributed by atoms with Gasteiger partial charge >= 0.3 is 0 Å². The fourth-order valence-corrected chi connectivity index (χ4v) is 7.82. The lowest BCUT2D eigenvalue weighted by molar-refractivity contribution is 0.326. The number of thiocarbonyl (C=S) groups is 1. The quantitative estimate of drug-likeness (QED) is 0.242. The van der Waals surface area contributed by atoms with Crippen LogP contribution in [-0.4, -0.2) is 61.2 Å². The first kappa shape index (κ1) is 29.3. The summed E-state index contributed by atoms with van der Waals surface area (Å²) in [7, 11) is -1.42. The van der Waals surface area contributed by atoms with Crippen molar-refractivity contribution in [1.29, 1.82) is 0 Å². The van der Waals surface area contributed by atoms with Gasteiger partial charge in [-0.2, -0.15) is 0 Å². The van der Waals surface area contributed by atoms with Crippen LogP contribution < -0.4 is 19.3 Å². The molecule has 0 radical (unpaired) electrons. The molecule has 1 fully saturated rings. The van der Waals surface area contributed by atoms with Gasteiger partial charge in [0.25, 0.3) is 10.0 Å². The Kier molecular flexibility index (Phi) is 7.73. The number of benzene rings is 2. The molecule has 0 spiro atoms. The van der Waals surface area contributed by atoms with E-state index in [1.807, 2.05) is 13.0 Å². The van der Waals surface area contributed by atoms with Crippen LogP contribution in [0.15, 0.2) is 53.6 Å². The monoisotopic (exact) mass is 627 g/mol. The van der Waals surface area contributed by atoms with E-state index in [-0.39, 0.29) is 33.7 Å². The summed E-state index contributed by atoms with van der Waals surface area (Å²) in [6.45, 7) is 4.40. The lowest BCUT2D eigenvalue weighted by Crippen LogP contribution is -2.48. The average Bonchev–Trinajstić information content (AvgIpc) is 3.66. The molecule has 0 bridgehead atoms. The molecule has 0 unspecified atom stereocenters. The Hall–Kier alpha value is -3.81. The van der Waals surface area contributed by atoms with Crippen LogP contribution in [0.1, 0.15) is 31.0 Å². The normalized spacial score (nSPS) is 15.8. The number of fused-ring (bicyclic) bond motifs is 3. The molecular weight excluding hydrogens is 596 g/mol. The predicted molar refractivity (Wildman–Crippen MR) is 165 cm³/mol. The first-order valence-electron chi connectivity index (χ1n) is 13.9. The maximum absolute atomic E-state index is 15.6. The lowest BCUT2D eigenvalue weighted by atomic mass is 10.1. The van der Waals surface area contributed by atoms with Crippen LogP contribution >= 0.6 is 12.2 Å². The molecule has 0 saturated carbocycles. The molecule has 13 heteroatoms. The molecule has 0 amide bonds. The molecule has 2 aromatic carbocycles. The van der Waals surface area contributed by atoms with Crippen LogP contribution in [0.5, 0.6) is 11.5 Å². The van der Waals surface area contributed by atoms with Crippen LogP contribution in [0.25, 0.3) is 11.0 Å². The second kappa shape index (κ2) is 11.4. The fourth-order valence-electron chi connectivity index (χ4n) is 5.94. The highest BCUT2D eigenvalue weighted by Gasteiger charge is 2.36. The molecule has 2 aliphatic rings. The summed E-state index contributed by atoms with van der Waals surface area (Å²) in [4.78, 5) is 10.1. The Morgan fingerprint density at radius 3 is 2.23 bits per heavy atom. The molecule has 43 heavy (non-hydrogen) atoms. The van der Waals surface area contributed by atoms with E-state index in [0.29, 0.717) is 35.4 Å². The highest BCUT2D eigenvalue weighted by molar-refractivity contribution is 7.90. The molecule has 6 rings (SSSR count). The Morgan fingerprint density at radius 2 is 1.63 bits per heavy atom. The molecule has 0 aliphatic carbocycles. The van der Waals surface area contributed by atoms with E-state index in [1.54, 1.807) is 41.4 Å². The Bertz CT molecular complexity index is 1800. The number of likely N-dealkylation sites (tertiary alicyclic amines) is 1. The first-order valence-corrected chi connectivity index (χ1v) is 15.8. The summed E-state index contributed by atoms with van der Waals surface area (Å²) in [6.07, 6.45) is 3.66. The van der Waals surface area contributed by atoms with E-state index in [4.69, 9.17) is 21.7 Å². The van der Waals surface area contributed by atoms with Crippen LogP contribution in [0.4, 0.5) is 20.2 Å². The number of ether oxygens (including phenoxy) is 2. The summed E-state index contributed by atoms with van der Waals surface area (Å²) >= 11 is 5.84. The largest absolute Gasteiger partial charge is 0.493 e. The smallest absolute Gasteiger partial charge is 0.269 e. The highest BCUT2D eigenvalue weighted by atomic mass is 32.2. The number of nitrogens with zero attached hydrogens (tertiary/aromatic N) is 5. The van der Waals surface area contributed by atoms with Gasteiger partial charge in [-0.25, -0.2) is 26.2 Å². The third-order valence-electron chi connectivity index (χ3n) is 7.97. The minimum atomic E-state index is -4.00. The van der Waals surface area contributed by atoms with Crippen molar-refractivity contribution in [3.05, 3.63) is 71.6 Å². The standard InChI is InChI=1S/C30H31F2N5O4S2/c1-4-35-27-19(17-36(30(35)42)28-25(31)23(40-2)15-24(41-3)26(28)32)16-33-29-22(27)14-20(18-34-12-8-9-13-34)37(29)43(38,39)21-10-6-5-7-11-21/h5-7,10-11,14-16H,4,8-9,12-13,17-18H2,1-3H3. The highest BCUT2D eigenvalue weighted by Crippen LogP contribution is 2.43. The molecule has 0 N–H and O–H groups in total. The summed E-state index contributed by atoms with van der Waals surface area (Å²) in [5.41, 5.74) is 1.75. The third kappa shape index (κ3) is 4.79. The number of rotatable bonds is 8. The lowest BCUT2D eigenvalue weighted by Gasteiger charge is -2.39. The van der Waals surface area contributed by atoms with Gasteiger partial charge in [-0.05, 0) is 63.3 Å². The molecule has 0 atom stereocenters. The third-order valence-corrected chi connectivity index (χ3v) is 10.2.